The summed E-state index contributed by atoms with van der Waals surface area (Å²) in [6.45, 7) is 0.695. The first kappa shape index (κ1) is 20.4. The van der Waals surface area contributed by atoms with Gasteiger partial charge in [-0.3, -0.25) is 4.79 Å². The van der Waals surface area contributed by atoms with Gasteiger partial charge in [0.15, 0.2) is 11.7 Å². The molecule has 0 spiro atoms. The first-order chi connectivity index (χ1) is 14.1. The molecular formula is C20H19F2N3O4. The fraction of sp³-hybridized carbons (Fsp3) is 0.250. The van der Waals surface area contributed by atoms with Gasteiger partial charge in [0.25, 0.3) is 0 Å². The topological polar surface area (TPSA) is 86.5 Å². The number of carbonyl (C=O) groups excluding carboxylic acids is 1. The van der Waals surface area contributed by atoms with Crippen molar-refractivity contribution in [1.82, 2.24) is 9.97 Å². The summed E-state index contributed by atoms with van der Waals surface area (Å²) >= 11 is 0. The van der Waals surface area contributed by atoms with E-state index >= 15 is 0 Å². The van der Waals surface area contributed by atoms with Gasteiger partial charge in [-0.1, -0.05) is 0 Å². The van der Waals surface area contributed by atoms with Gasteiger partial charge in [-0.15, -0.1) is 0 Å². The van der Waals surface area contributed by atoms with Crippen LogP contribution in [0.4, 0.5) is 14.5 Å². The van der Waals surface area contributed by atoms with E-state index in [0.717, 1.165) is 12.1 Å². The van der Waals surface area contributed by atoms with Crippen LogP contribution in [0.2, 0.25) is 0 Å². The van der Waals surface area contributed by atoms with E-state index in [4.69, 9.17) is 13.9 Å². The number of aryl methyl sites for hydroxylation is 1. The number of carbonyl (C=O) groups is 1. The maximum Gasteiger partial charge on any atom is 0.237 e. The number of hydrogen-bond donors (Lipinski definition) is 1. The molecule has 0 saturated heterocycles. The van der Waals surface area contributed by atoms with Crippen molar-refractivity contribution in [3.8, 4) is 17.2 Å². The predicted octanol–water partition coefficient (Wildman–Crippen LogP) is 3.61. The Hall–Kier alpha value is -3.33. The second-order valence-electron chi connectivity index (χ2n) is 5.99. The van der Waals surface area contributed by atoms with Crippen molar-refractivity contribution in [1.29, 1.82) is 0 Å². The maximum absolute atomic E-state index is 13.8. The van der Waals surface area contributed by atoms with Crippen LogP contribution < -0.4 is 10.1 Å². The normalized spacial score (nSPS) is 10.7. The molecule has 7 nitrogen and oxygen atoms in total. The highest BCUT2D eigenvalue weighted by atomic mass is 19.1. The zero-order valence-electron chi connectivity index (χ0n) is 15.7. The highest BCUT2D eigenvalue weighted by Crippen LogP contribution is 2.25. The molecule has 0 atom stereocenters. The van der Waals surface area contributed by atoms with Gasteiger partial charge >= 0.3 is 0 Å². The summed E-state index contributed by atoms with van der Waals surface area (Å²) < 4.78 is 42.7. The molecule has 1 aromatic carbocycles. The maximum atomic E-state index is 13.8. The summed E-state index contributed by atoms with van der Waals surface area (Å²) in [5.74, 6) is -0.988. The molecule has 0 radical (unpaired) electrons. The molecule has 1 amide bonds. The number of oxazole rings is 1. The number of amides is 1. The molecular weight excluding hydrogens is 384 g/mol. The zero-order chi connectivity index (χ0) is 20.6. The number of pyridine rings is 1. The molecule has 29 heavy (non-hydrogen) atoms. The number of hydrogen-bond acceptors (Lipinski definition) is 6. The smallest absolute Gasteiger partial charge is 0.237 e. The van der Waals surface area contributed by atoms with Crippen LogP contribution in [0.25, 0.3) is 11.3 Å². The summed E-state index contributed by atoms with van der Waals surface area (Å²) in [5.41, 5.74) is 0.540. The largest absolute Gasteiger partial charge is 0.474 e. The van der Waals surface area contributed by atoms with Crippen molar-refractivity contribution in [3.63, 3.8) is 0 Å². The number of nitrogens with zero attached hydrogens (tertiary/aromatic N) is 2. The summed E-state index contributed by atoms with van der Waals surface area (Å²) in [6.07, 6.45) is 3.18. The van der Waals surface area contributed by atoms with Gasteiger partial charge < -0.3 is 19.2 Å². The van der Waals surface area contributed by atoms with Gasteiger partial charge in [0.1, 0.15) is 23.9 Å². The molecule has 3 aromatic rings. The van der Waals surface area contributed by atoms with Crippen LogP contribution in [0.1, 0.15) is 12.3 Å². The third-order valence-electron chi connectivity index (χ3n) is 3.89. The van der Waals surface area contributed by atoms with E-state index in [0.29, 0.717) is 24.8 Å². The van der Waals surface area contributed by atoms with E-state index in [1.807, 2.05) is 0 Å². The van der Waals surface area contributed by atoms with E-state index < -0.39 is 11.6 Å². The molecule has 2 heterocycles. The predicted molar refractivity (Wildman–Crippen MR) is 100 cm³/mol. The minimum absolute atomic E-state index is 0.0816. The second-order valence-corrected chi connectivity index (χ2v) is 5.99. The average Bonchev–Trinajstić information content (AvgIpc) is 3.16. The van der Waals surface area contributed by atoms with Crippen LogP contribution >= 0.6 is 0 Å². The monoisotopic (exact) mass is 403 g/mol. The summed E-state index contributed by atoms with van der Waals surface area (Å²) in [7, 11) is 1.56. The molecule has 0 aliphatic carbocycles. The van der Waals surface area contributed by atoms with Gasteiger partial charge in [0.05, 0.1) is 18.4 Å². The van der Waals surface area contributed by atoms with Gasteiger partial charge in [-0.05, 0) is 24.3 Å². The average molecular weight is 403 g/mol. The first-order valence-electron chi connectivity index (χ1n) is 8.83. The minimum Gasteiger partial charge on any atom is -0.474 e. The van der Waals surface area contributed by atoms with Crippen molar-refractivity contribution in [3.05, 3.63) is 60.3 Å². The van der Waals surface area contributed by atoms with Crippen LogP contribution in [-0.2, 0) is 16.0 Å². The molecule has 2 aromatic heterocycles. The number of rotatable bonds is 9. The Labute approximate surface area is 165 Å². The lowest BCUT2D eigenvalue weighted by atomic mass is 10.2. The Morgan fingerprint density at radius 2 is 2.07 bits per heavy atom. The number of methoxy groups -OCH3 is 1. The van der Waals surface area contributed by atoms with E-state index in [1.165, 1.54) is 12.3 Å². The molecule has 0 aliphatic heterocycles. The fourth-order valence-corrected chi connectivity index (χ4v) is 2.50. The summed E-state index contributed by atoms with van der Waals surface area (Å²) in [4.78, 5) is 20.4. The lowest BCUT2D eigenvalue weighted by Crippen LogP contribution is -2.14. The fourth-order valence-electron chi connectivity index (χ4n) is 2.50. The van der Waals surface area contributed by atoms with Crippen molar-refractivity contribution in [2.24, 2.45) is 0 Å². The van der Waals surface area contributed by atoms with Gasteiger partial charge in [-0.2, -0.15) is 0 Å². The molecule has 0 unspecified atom stereocenters. The van der Waals surface area contributed by atoms with Crippen molar-refractivity contribution in [2.75, 3.05) is 25.6 Å². The SMILES string of the molecule is COCCOc1ncccc1NC(=O)CCc1ncc(-c2ccc(F)cc2F)o1. The van der Waals surface area contributed by atoms with E-state index in [-0.39, 0.29) is 36.0 Å². The number of halogens is 2. The number of aromatic nitrogens is 2. The quantitative estimate of drug-likeness (QED) is 0.550. The van der Waals surface area contributed by atoms with Crippen LogP contribution in [0.3, 0.4) is 0 Å². The Morgan fingerprint density at radius 1 is 1.21 bits per heavy atom. The minimum atomic E-state index is -0.747. The molecule has 0 bridgehead atoms. The lowest BCUT2D eigenvalue weighted by molar-refractivity contribution is -0.116. The molecule has 1 N–H and O–H groups in total. The Bertz CT molecular complexity index is 978. The number of benzene rings is 1. The van der Waals surface area contributed by atoms with Crippen molar-refractivity contribution >= 4 is 11.6 Å². The van der Waals surface area contributed by atoms with Crippen LogP contribution in [-0.4, -0.2) is 36.2 Å². The molecule has 0 fully saturated rings. The molecule has 9 heteroatoms. The number of anilines is 1. The van der Waals surface area contributed by atoms with Crippen molar-refractivity contribution in [2.45, 2.75) is 12.8 Å². The third-order valence-corrected chi connectivity index (χ3v) is 3.89. The van der Waals surface area contributed by atoms with E-state index in [9.17, 15) is 13.6 Å². The van der Waals surface area contributed by atoms with Crippen LogP contribution in [0, 0.1) is 11.6 Å². The third kappa shape index (κ3) is 5.58. The van der Waals surface area contributed by atoms with Crippen molar-refractivity contribution < 1.29 is 27.5 Å². The molecule has 152 valence electrons. The summed E-state index contributed by atoms with van der Waals surface area (Å²) in [5, 5.41) is 2.72. The highest BCUT2D eigenvalue weighted by molar-refractivity contribution is 5.91. The van der Waals surface area contributed by atoms with Crippen LogP contribution in [0.5, 0.6) is 5.88 Å². The molecule has 0 aliphatic rings. The standard InChI is InChI=1S/C20H19F2N3O4/c1-27-9-10-28-20-16(3-2-8-23-20)25-18(26)6-7-19-24-12-17(29-19)14-5-4-13(21)11-15(14)22/h2-5,8,11-12H,6-7,9-10H2,1H3,(H,25,26). The van der Waals surface area contributed by atoms with Gasteiger partial charge in [0, 0.05) is 32.2 Å². The number of ether oxygens (including phenoxy) is 2. The lowest BCUT2D eigenvalue weighted by Gasteiger charge is -2.10. The second kappa shape index (κ2) is 9.74. The zero-order valence-corrected chi connectivity index (χ0v) is 15.7. The Kier molecular flexibility index (Phi) is 6.85. The molecule has 3 rings (SSSR count). The van der Waals surface area contributed by atoms with E-state index in [1.54, 1.807) is 25.4 Å². The Morgan fingerprint density at radius 3 is 2.86 bits per heavy atom. The van der Waals surface area contributed by atoms with Crippen LogP contribution in [0.15, 0.2) is 47.1 Å². The molecule has 0 saturated carbocycles. The van der Waals surface area contributed by atoms with E-state index in [2.05, 4.69) is 15.3 Å². The summed E-state index contributed by atoms with van der Waals surface area (Å²) in [6, 6.07) is 6.53. The highest BCUT2D eigenvalue weighted by Gasteiger charge is 2.14. The van der Waals surface area contributed by atoms with Gasteiger partial charge in [0.2, 0.25) is 11.8 Å². The van der Waals surface area contributed by atoms with Gasteiger partial charge in [-0.25, -0.2) is 18.7 Å². The number of nitrogens with one attached hydrogen (secondary N) is 1. The Balaban J connectivity index is 1.57. The first-order valence-corrected chi connectivity index (χ1v) is 8.83.